The maximum Gasteiger partial charge on any atom is 0.408 e. The van der Waals surface area contributed by atoms with E-state index in [1.807, 2.05) is 44.2 Å². The molecule has 186 valence electrons. The zero-order valence-electron chi connectivity index (χ0n) is 20.7. The number of nitrogens with one attached hydrogen (secondary N) is 2. The zero-order valence-corrected chi connectivity index (χ0v) is 20.7. The van der Waals surface area contributed by atoms with Crippen molar-refractivity contribution in [1.29, 1.82) is 0 Å². The second-order valence-corrected chi connectivity index (χ2v) is 8.80. The van der Waals surface area contributed by atoms with Crippen LogP contribution in [0.5, 0.6) is 0 Å². The Hall–Kier alpha value is -2.57. The molecule has 0 fully saturated rings. The number of ether oxygens (including phenoxy) is 2. The van der Waals surface area contributed by atoms with Crippen LogP contribution in [0.3, 0.4) is 0 Å². The number of unbranched alkanes of at least 4 members (excludes halogenated alkanes) is 4. The van der Waals surface area contributed by atoms with Crippen LogP contribution < -0.4 is 10.6 Å². The Balaban J connectivity index is 2.47. The maximum absolute atomic E-state index is 12.6. The molecule has 0 heterocycles. The molecular weight excluding hydrogens is 420 g/mol. The van der Waals surface area contributed by atoms with Gasteiger partial charge in [-0.15, -0.1) is 0 Å². The molecule has 1 aromatic rings. The minimum absolute atomic E-state index is 0.00854. The van der Waals surface area contributed by atoms with Crippen molar-refractivity contribution in [2.75, 3.05) is 0 Å². The maximum atomic E-state index is 12.6. The SMILES string of the molecule is CCCCCCCC(CCCC(=O)NC(C)C)OC(=O)[C@H](C)NC(=O)OCc1ccccc1. The molecule has 1 rings (SSSR count). The van der Waals surface area contributed by atoms with Crippen LogP contribution >= 0.6 is 0 Å². The van der Waals surface area contributed by atoms with E-state index in [1.54, 1.807) is 6.92 Å². The Morgan fingerprint density at radius 3 is 2.21 bits per heavy atom. The summed E-state index contributed by atoms with van der Waals surface area (Å²) in [6, 6.07) is 8.63. The highest BCUT2D eigenvalue weighted by Gasteiger charge is 2.22. The Labute approximate surface area is 199 Å². The second kappa shape index (κ2) is 17.0. The molecule has 7 heteroatoms. The Kier molecular flexibility index (Phi) is 14.6. The molecule has 0 aliphatic heterocycles. The molecule has 0 radical (unpaired) electrons. The van der Waals surface area contributed by atoms with Gasteiger partial charge in [0.05, 0.1) is 0 Å². The third-order valence-corrected chi connectivity index (χ3v) is 5.19. The number of hydrogen-bond donors (Lipinski definition) is 2. The van der Waals surface area contributed by atoms with E-state index >= 15 is 0 Å². The molecule has 2 atom stereocenters. The fourth-order valence-corrected chi connectivity index (χ4v) is 3.39. The van der Waals surface area contributed by atoms with Crippen molar-refractivity contribution in [2.45, 2.75) is 110 Å². The lowest BCUT2D eigenvalue weighted by Crippen LogP contribution is -2.41. The van der Waals surface area contributed by atoms with Crippen LogP contribution in [0.1, 0.15) is 91.0 Å². The van der Waals surface area contributed by atoms with E-state index in [1.165, 1.54) is 19.3 Å². The predicted octanol–water partition coefficient (Wildman–Crippen LogP) is 5.27. The molecule has 33 heavy (non-hydrogen) atoms. The normalized spacial score (nSPS) is 12.6. The molecule has 2 N–H and O–H groups in total. The molecule has 0 saturated heterocycles. The van der Waals surface area contributed by atoms with Crippen LogP contribution in [0.2, 0.25) is 0 Å². The number of carbonyl (C=O) groups excluding carboxylic acids is 3. The molecule has 7 nitrogen and oxygen atoms in total. The summed E-state index contributed by atoms with van der Waals surface area (Å²) in [6.45, 7) is 7.75. The van der Waals surface area contributed by atoms with Gasteiger partial charge in [0.25, 0.3) is 0 Å². The van der Waals surface area contributed by atoms with Crippen molar-refractivity contribution in [2.24, 2.45) is 0 Å². The average Bonchev–Trinajstić information content (AvgIpc) is 2.77. The number of carbonyl (C=O) groups is 3. The first-order valence-corrected chi connectivity index (χ1v) is 12.3. The third-order valence-electron chi connectivity index (χ3n) is 5.19. The summed E-state index contributed by atoms with van der Waals surface area (Å²) in [4.78, 5) is 36.5. The lowest BCUT2D eigenvalue weighted by Gasteiger charge is -2.21. The number of rotatable bonds is 16. The van der Waals surface area contributed by atoms with Gasteiger partial charge >= 0.3 is 12.1 Å². The molecule has 0 spiro atoms. The van der Waals surface area contributed by atoms with Gasteiger partial charge in [0, 0.05) is 12.5 Å². The van der Waals surface area contributed by atoms with Crippen molar-refractivity contribution in [3.05, 3.63) is 35.9 Å². The van der Waals surface area contributed by atoms with Crippen molar-refractivity contribution < 1.29 is 23.9 Å². The van der Waals surface area contributed by atoms with Gasteiger partial charge in [-0.25, -0.2) is 9.59 Å². The van der Waals surface area contributed by atoms with E-state index in [-0.39, 0.29) is 24.7 Å². The highest BCUT2D eigenvalue weighted by atomic mass is 16.6. The minimum Gasteiger partial charge on any atom is -0.461 e. The van der Waals surface area contributed by atoms with E-state index in [2.05, 4.69) is 17.6 Å². The first-order chi connectivity index (χ1) is 15.8. The van der Waals surface area contributed by atoms with Gasteiger partial charge in [-0.3, -0.25) is 4.79 Å². The fraction of sp³-hybridized carbons (Fsp3) is 0.654. The Morgan fingerprint density at radius 2 is 1.55 bits per heavy atom. The average molecular weight is 463 g/mol. The number of benzene rings is 1. The van der Waals surface area contributed by atoms with Crippen LogP contribution in [-0.2, 0) is 25.7 Å². The van der Waals surface area contributed by atoms with Gasteiger partial charge in [-0.2, -0.15) is 0 Å². The van der Waals surface area contributed by atoms with E-state index in [9.17, 15) is 14.4 Å². The minimum atomic E-state index is -0.819. The van der Waals surface area contributed by atoms with Crippen molar-refractivity contribution >= 4 is 18.0 Å². The Morgan fingerprint density at radius 1 is 0.879 bits per heavy atom. The molecular formula is C26H42N2O5. The van der Waals surface area contributed by atoms with E-state index in [4.69, 9.17) is 9.47 Å². The van der Waals surface area contributed by atoms with Crippen LogP contribution in [0, 0.1) is 0 Å². The van der Waals surface area contributed by atoms with E-state index < -0.39 is 18.1 Å². The van der Waals surface area contributed by atoms with Crippen molar-refractivity contribution in [3.8, 4) is 0 Å². The van der Waals surface area contributed by atoms with Gasteiger partial charge in [-0.1, -0.05) is 62.9 Å². The molecule has 1 unspecified atom stereocenters. The summed E-state index contributed by atoms with van der Waals surface area (Å²) in [5, 5.41) is 5.41. The number of alkyl carbamates (subject to hydrolysis) is 1. The molecule has 0 saturated carbocycles. The van der Waals surface area contributed by atoms with Crippen LogP contribution in [-0.4, -0.2) is 36.2 Å². The molecule has 0 aromatic heterocycles. The summed E-state index contributed by atoms with van der Waals surface area (Å²) in [5.74, 6) is -0.480. The summed E-state index contributed by atoms with van der Waals surface area (Å²) < 4.78 is 10.9. The number of hydrogen-bond acceptors (Lipinski definition) is 5. The predicted molar refractivity (Wildman–Crippen MR) is 130 cm³/mol. The van der Waals surface area contributed by atoms with Gasteiger partial charge in [0.15, 0.2) is 0 Å². The van der Waals surface area contributed by atoms with Crippen molar-refractivity contribution in [3.63, 3.8) is 0 Å². The molecule has 1 aromatic carbocycles. The zero-order chi connectivity index (χ0) is 24.5. The molecule has 2 amide bonds. The van der Waals surface area contributed by atoms with Gasteiger partial charge in [0.2, 0.25) is 5.91 Å². The lowest BCUT2D eigenvalue weighted by atomic mass is 10.0. The van der Waals surface area contributed by atoms with Crippen LogP contribution in [0.15, 0.2) is 30.3 Å². The topological polar surface area (TPSA) is 93.7 Å². The lowest BCUT2D eigenvalue weighted by molar-refractivity contribution is -0.151. The number of amides is 2. The third kappa shape index (κ3) is 14.2. The quantitative estimate of drug-likeness (QED) is 0.258. The highest BCUT2D eigenvalue weighted by Crippen LogP contribution is 2.16. The summed E-state index contributed by atoms with van der Waals surface area (Å²) in [7, 11) is 0. The largest absolute Gasteiger partial charge is 0.461 e. The summed E-state index contributed by atoms with van der Waals surface area (Å²) in [5.41, 5.74) is 0.868. The smallest absolute Gasteiger partial charge is 0.408 e. The monoisotopic (exact) mass is 462 g/mol. The number of esters is 1. The molecule has 0 aliphatic rings. The Bertz CT molecular complexity index is 693. The van der Waals surface area contributed by atoms with Crippen LogP contribution in [0.25, 0.3) is 0 Å². The van der Waals surface area contributed by atoms with E-state index in [0.29, 0.717) is 19.3 Å². The first-order valence-electron chi connectivity index (χ1n) is 12.3. The highest BCUT2D eigenvalue weighted by molar-refractivity contribution is 5.81. The summed E-state index contributed by atoms with van der Waals surface area (Å²) >= 11 is 0. The summed E-state index contributed by atoms with van der Waals surface area (Å²) in [6.07, 6.45) is 7.10. The van der Waals surface area contributed by atoms with E-state index in [0.717, 1.165) is 24.8 Å². The first kappa shape index (κ1) is 28.5. The van der Waals surface area contributed by atoms with Gasteiger partial charge < -0.3 is 20.1 Å². The van der Waals surface area contributed by atoms with Crippen LogP contribution in [0.4, 0.5) is 4.79 Å². The standard InChI is InChI=1S/C26H42N2O5/c1-5-6-7-8-12-16-23(17-13-18-24(29)27-20(2)3)33-25(30)21(4)28-26(31)32-19-22-14-10-9-11-15-22/h9-11,14-15,20-21,23H,5-8,12-13,16-19H2,1-4H3,(H,27,29)(H,28,31)/t21-,23?/m0/s1. The fourth-order valence-electron chi connectivity index (χ4n) is 3.39. The molecule has 0 aliphatic carbocycles. The second-order valence-electron chi connectivity index (χ2n) is 8.80. The van der Waals surface area contributed by atoms with Gasteiger partial charge in [0.1, 0.15) is 18.8 Å². The molecule has 0 bridgehead atoms. The van der Waals surface area contributed by atoms with Crippen molar-refractivity contribution in [1.82, 2.24) is 10.6 Å². The van der Waals surface area contributed by atoms with Gasteiger partial charge in [-0.05, 0) is 52.0 Å².